The van der Waals surface area contributed by atoms with Crippen molar-refractivity contribution in [1.82, 2.24) is 0 Å². The van der Waals surface area contributed by atoms with Gasteiger partial charge in [0, 0.05) is 11.1 Å². The van der Waals surface area contributed by atoms with E-state index in [1.165, 1.54) is 0 Å². The second-order valence-corrected chi connectivity index (χ2v) is 4.63. The fraction of sp³-hybridized carbons (Fsp3) is 0.133. The van der Waals surface area contributed by atoms with Crippen molar-refractivity contribution in [1.29, 1.82) is 5.41 Å². The second kappa shape index (κ2) is 6.30. The highest BCUT2D eigenvalue weighted by Crippen LogP contribution is 2.25. The minimum atomic E-state index is -0.0428. The maximum Gasteiger partial charge on any atom is 0.134 e. The third-order valence-corrected chi connectivity index (χ3v) is 3.04. The van der Waals surface area contributed by atoms with E-state index >= 15 is 0 Å². The predicted molar refractivity (Wildman–Crippen MR) is 79.8 cm³/mol. The van der Waals surface area contributed by atoms with Crippen LogP contribution in [0.2, 0.25) is 5.02 Å². The summed E-state index contributed by atoms with van der Waals surface area (Å²) in [6.07, 6.45) is 0. The molecule has 104 valence electrons. The predicted octanol–water partition coefficient (Wildman–Crippen LogP) is 3.21. The van der Waals surface area contributed by atoms with Gasteiger partial charge in [0.2, 0.25) is 0 Å². The van der Waals surface area contributed by atoms with Crippen LogP contribution in [0.5, 0.6) is 11.5 Å². The minimum absolute atomic E-state index is 0.0428. The van der Waals surface area contributed by atoms with Gasteiger partial charge >= 0.3 is 0 Å². The van der Waals surface area contributed by atoms with Crippen molar-refractivity contribution < 1.29 is 9.47 Å². The summed E-state index contributed by atoms with van der Waals surface area (Å²) in [5.74, 6) is 1.13. The number of ether oxygens (including phenoxy) is 2. The van der Waals surface area contributed by atoms with Gasteiger partial charge in [-0.1, -0.05) is 23.7 Å². The second-order valence-electron chi connectivity index (χ2n) is 4.19. The topological polar surface area (TPSA) is 68.3 Å². The molecule has 0 spiro atoms. The molecule has 0 aromatic heterocycles. The van der Waals surface area contributed by atoms with Crippen LogP contribution in [0.3, 0.4) is 0 Å². The molecule has 2 aromatic carbocycles. The molecule has 0 fully saturated rings. The van der Waals surface area contributed by atoms with Crippen molar-refractivity contribution in [2.75, 3.05) is 7.11 Å². The zero-order valence-electron chi connectivity index (χ0n) is 11.0. The van der Waals surface area contributed by atoms with Gasteiger partial charge in [-0.2, -0.15) is 0 Å². The molecule has 0 saturated carbocycles. The maximum atomic E-state index is 7.55. The molecule has 0 bridgehead atoms. The molecular formula is C15H15ClN2O2. The zero-order valence-corrected chi connectivity index (χ0v) is 11.8. The van der Waals surface area contributed by atoms with Crippen LogP contribution in [0.25, 0.3) is 0 Å². The SMILES string of the molecule is COc1ccc(C(=N)N)c(OCc2ccc(Cl)cc2)c1. The lowest BCUT2D eigenvalue weighted by atomic mass is 10.1. The van der Waals surface area contributed by atoms with Gasteiger partial charge in [-0.3, -0.25) is 5.41 Å². The molecule has 0 radical (unpaired) electrons. The van der Waals surface area contributed by atoms with E-state index in [0.29, 0.717) is 28.7 Å². The lowest BCUT2D eigenvalue weighted by molar-refractivity contribution is 0.303. The van der Waals surface area contributed by atoms with Crippen LogP contribution < -0.4 is 15.2 Å². The molecule has 0 heterocycles. The van der Waals surface area contributed by atoms with E-state index in [1.54, 1.807) is 37.4 Å². The lowest BCUT2D eigenvalue weighted by Gasteiger charge is -2.12. The third kappa shape index (κ3) is 3.42. The largest absolute Gasteiger partial charge is 0.497 e. The molecule has 20 heavy (non-hydrogen) atoms. The van der Waals surface area contributed by atoms with Gasteiger partial charge in [-0.05, 0) is 29.8 Å². The van der Waals surface area contributed by atoms with Crippen LogP contribution >= 0.6 is 11.6 Å². The quantitative estimate of drug-likeness (QED) is 0.656. The van der Waals surface area contributed by atoms with Crippen LogP contribution in [0.4, 0.5) is 0 Å². The summed E-state index contributed by atoms with van der Waals surface area (Å²) in [6.45, 7) is 0.366. The van der Waals surface area contributed by atoms with Gasteiger partial charge in [0.15, 0.2) is 0 Å². The average molecular weight is 291 g/mol. The summed E-state index contributed by atoms with van der Waals surface area (Å²) in [5.41, 5.74) is 7.06. The summed E-state index contributed by atoms with van der Waals surface area (Å²) in [5, 5.41) is 8.23. The molecule has 0 aliphatic carbocycles. The molecule has 0 amide bonds. The number of hydrogen-bond donors (Lipinski definition) is 2. The van der Waals surface area contributed by atoms with Crippen molar-refractivity contribution in [2.45, 2.75) is 6.61 Å². The molecule has 4 nitrogen and oxygen atoms in total. The number of hydrogen-bond acceptors (Lipinski definition) is 3. The van der Waals surface area contributed by atoms with Crippen LogP contribution in [0.1, 0.15) is 11.1 Å². The molecular weight excluding hydrogens is 276 g/mol. The Morgan fingerprint density at radius 2 is 1.90 bits per heavy atom. The van der Waals surface area contributed by atoms with Crippen LogP contribution in [-0.4, -0.2) is 12.9 Å². The van der Waals surface area contributed by atoms with Gasteiger partial charge < -0.3 is 15.2 Å². The Labute approximate surface area is 122 Å². The van der Waals surface area contributed by atoms with Crippen LogP contribution in [0, 0.1) is 5.41 Å². The summed E-state index contributed by atoms with van der Waals surface area (Å²) >= 11 is 5.83. The van der Waals surface area contributed by atoms with Crippen molar-refractivity contribution in [3.05, 3.63) is 58.6 Å². The Hall–Kier alpha value is -2.20. The van der Waals surface area contributed by atoms with Gasteiger partial charge in [0.1, 0.15) is 23.9 Å². The molecule has 0 aliphatic rings. The fourth-order valence-electron chi connectivity index (χ4n) is 1.71. The number of amidine groups is 1. The average Bonchev–Trinajstić information content (AvgIpc) is 2.46. The summed E-state index contributed by atoms with van der Waals surface area (Å²) in [7, 11) is 1.58. The van der Waals surface area contributed by atoms with Gasteiger partial charge in [-0.25, -0.2) is 0 Å². The van der Waals surface area contributed by atoms with Crippen LogP contribution in [-0.2, 0) is 6.61 Å². The molecule has 0 saturated heterocycles. The third-order valence-electron chi connectivity index (χ3n) is 2.79. The molecule has 0 atom stereocenters. The normalized spacial score (nSPS) is 10.1. The van der Waals surface area contributed by atoms with E-state index < -0.39 is 0 Å². The highest BCUT2D eigenvalue weighted by atomic mass is 35.5. The lowest BCUT2D eigenvalue weighted by Crippen LogP contribution is -2.13. The number of rotatable bonds is 5. The van der Waals surface area contributed by atoms with E-state index in [1.807, 2.05) is 12.1 Å². The maximum absolute atomic E-state index is 7.55. The van der Waals surface area contributed by atoms with E-state index in [9.17, 15) is 0 Å². The van der Waals surface area contributed by atoms with E-state index in [-0.39, 0.29) is 5.84 Å². The molecule has 5 heteroatoms. The highest BCUT2D eigenvalue weighted by molar-refractivity contribution is 6.30. The summed E-state index contributed by atoms with van der Waals surface area (Å²) in [6, 6.07) is 12.5. The first-order valence-corrected chi connectivity index (χ1v) is 6.37. The number of nitrogens with two attached hydrogens (primary N) is 1. The standard InChI is InChI=1S/C15H15ClN2O2/c1-19-12-6-7-13(15(17)18)14(8-12)20-9-10-2-4-11(16)5-3-10/h2-8H,9H2,1H3,(H3,17,18). The highest BCUT2D eigenvalue weighted by Gasteiger charge is 2.08. The summed E-state index contributed by atoms with van der Waals surface area (Å²) < 4.78 is 10.9. The summed E-state index contributed by atoms with van der Waals surface area (Å²) in [4.78, 5) is 0. The Morgan fingerprint density at radius 3 is 2.50 bits per heavy atom. The Kier molecular flexibility index (Phi) is 4.48. The zero-order chi connectivity index (χ0) is 14.5. The van der Waals surface area contributed by atoms with Crippen molar-refractivity contribution in [3.8, 4) is 11.5 Å². The van der Waals surface area contributed by atoms with Gasteiger partial charge in [0.05, 0.1) is 12.7 Å². The number of methoxy groups -OCH3 is 1. The Morgan fingerprint density at radius 1 is 1.20 bits per heavy atom. The minimum Gasteiger partial charge on any atom is -0.497 e. The van der Waals surface area contributed by atoms with Gasteiger partial charge in [-0.15, -0.1) is 0 Å². The first kappa shape index (κ1) is 14.2. The number of benzene rings is 2. The fourth-order valence-corrected chi connectivity index (χ4v) is 1.84. The number of halogens is 1. The number of nitrogens with one attached hydrogen (secondary N) is 1. The van der Waals surface area contributed by atoms with E-state index in [4.69, 9.17) is 32.2 Å². The first-order chi connectivity index (χ1) is 9.60. The first-order valence-electron chi connectivity index (χ1n) is 6.00. The molecule has 0 unspecified atom stereocenters. The van der Waals surface area contributed by atoms with Crippen molar-refractivity contribution in [2.24, 2.45) is 5.73 Å². The Balaban J connectivity index is 2.18. The van der Waals surface area contributed by atoms with E-state index in [0.717, 1.165) is 5.56 Å². The molecule has 0 aliphatic heterocycles. The van der Waals surface area contributed by atoms with Crippen molar-refractivity contribution in [3.63, 3.8) is 0 Å². The molecule has 3 N–H and O–H groups in total. The smallest absolute Gasteiger partial charge is 0.134 e. The Bertz CT molecular complexity index is 612. The monoisotopic (exact) mass is 290 g/mol. The molecule has 2 rings (SSSR count). The number of nitrogen functional groups attached to an aromatic ring is 1. The van der Waals surface area contributed by atoms with Crippen LogP contribution in [0.15, 0.2) is 42.5 Å². The molecule has 2 aromatic rings. The van der Waals surface area contributed by atoms with Gasteiger partial charge in [0.25, 0.3) is 0 Å². The van der Waals surface area contributed by atoms with E-state index in [2.05, 4.69) is 0 Å². The van der Waals surface area contributed by atoms with Crippen molar-refractivity contribution >= 4 is 17.4 Å².